The van der Waals surface area contributed by atoms with Crippen molar-refractivity contribution >= 4 is 17.3 Å². The molecule has 140 valence electrons. The number of hydrogen-bond donors (Lipinski definition) is 2. The number of halogens is 1. The van der Waals surface area contributed by atoms with E-state index in [1.165, 1.54) is 6.07 Å². The third-order valence-electron chi connectivity index (χ3n) is 3.98. The van der Waals surface area contributed by atoms with Crippen LogP contribution in [0, 0.1) is 5.82 Å². The van der Waals surface area contributed by atoms with Gasteiger partial charge in [-0.25, -0.2) is 4.39 Å². The highest BCUT2D eigenvalue weighted by Gasteiger charge is 2.25. The summed E-state index contributed by atoms with van der Waals surface area (Å²) in [6.07, 6.45) is 0.143. The van der Waals surface area contributed by atoms with Crippen molar-refractivity contribution in [2.24, 2.45) is 0 Å². The summed E-state index contributed by atoms with van der Waals surface area (Å²) in [5, 5.41) is 5.97. The number of nitrogens with one attached hydrogen (secondary N) is 2. The van der Waals surface area contributed by atoms with E-state index in [2.05, 4.69) is 10.6 Å². The zero-order chi connectivity index (χ0) is 18.8. The van der Waals surface area contributed by atoms with Gasteiger partial charge in [0.1, 0.15) is 11.9 Å². The van der Waals surface area contributed by atoms with Gasteiger partial charge in [0.05, 0.1) is 17.9 Å². The maximum Gasteiger partial charge on any atom is 0.242 e. The van der Waals surface area contributed by atoms with Crippen LogP contribution in [-0.4, -0.2) is 42.8 Å². The fourth-order valence-electron chi connectivity index (χ4n) is 3.02. The van der Waals surface area contributed by atoms with E-state index in [0.717, 1.165) is 0 Å². The van der Waals surface area contributed by atoms with Crippen LogP contribution in [0.15, 0.2) is 18.2 Å². The van der Waals surface area contributed by atoms with Crippen LogP contribution in [0.3, 0.4) is 0 Å². The molecule has 0 aromatic heterocycles. The Labute approximate surface area is 149 Å². The smallest absolute Gasteiger partial charge is 0.242 e. The van der Waals surface area contributed by atoms with Crippen molar-refractivity contribution in [1.29, 1.82) is 0 Å². The molecule has 2 rings (SSSR count). The average Bonchev–Trinajstić information content (AvgIpc) is 2.44. The van der Waals surface area contributed by atoms with E-state index in [1.807, 2.05) is 45.6 Å². The summed E-state index contributed by atoms with van der Waals surface area (Å²) in [6, 6.07) is 4.56. The molecular formula is C19H30FN3O2. The number of morpholine rings is 1. The standard InChI is InChI=1S/C19H30FN3O2/c1-12-10-23(11-13(2)25-12)17-8-7-15(9-16(17)20)21-14(3)18(24)22-19(4,5)6/h7-9,12-14,21H,10-11H2,1-6H3,(H,22,24)/t12-,13+,14-/m1/s1. The lowest BCUT2D eigenvalue weighted by atomic mass is 10.1. The summed E-state index contributed by atoms with van der Waals surface area (Å²) in [4.78, 5) is 14.2. The maximum atomic E-state index is 14.6. The van der Waals surface area contributed by atoms with Gasteiger partial charge >= 0.3 is 0 Å². The van der Waals surface area contributed by atoms with Crippen molar-refractivity contribution in [3.05, 3.63) is 24.0 Å². The first kappa shape index (κ1) is 19.5. The Morgan fingerprint density at radius 1 is 1.28 bits per heavy atom. The summed E-state index contributed by atoms with van der Waals surface area (Å²) < 4.78 is 20.3. The largest absolute Gasteiger partial charge is 0.374 e. The molecule has 1 heterocycles. The summed E-state index contributed by atoms with van der Waals surface area (Å²) in [5.41, 5.74) is 0.859. The molecule has 0 aliphatic carbocycles. The number of carbonyl (C=O) groups excluding carboxylic acids is 1. The fourth-order valence-corrected chi connectivity index (χ4v) is 3.02. The van der Waals surface area contributed by atoms with Gasteiger partial charge in [-0.2, -0.15) is 0 Å². The molecule has 25 heavy (non-hydrogen) atoms. The Morgan fingerprint density at radius 3 is 2.40 bits per heavy atom. The molecule has 1 aliphatic rings. The van der Waals surface area contributed by atoms with Crippen LogP contribution in [-0.2, 0) is 9.53 Å². The van der Waals surface area contributed by atoms with Gasteiger partial charge in [0.15, 0.2) is 0 Å². The minimum atomic E-state index is -0.451. The molecule has 0 saturated carbocycles. The quantitative estimate of drug-likeness (QED) is 0.875. The summed E-state index contributed by atoms with van der Waals surface area (Å²) in [7, 11) is 0. The van der Waals surface area contributed by atoms with Crippen LogP contribution in [0.4, 0.5) is 15.8 Å². The Morgan fingerprint density at radius 2 is 1.88 bits per heavy atom. The molecular weight excluding hydrogens is 321 g/mol. The average molecular weight is 351 g/mol. The van der Waals surface area contributed by atoms with Crippen LogP contribution in [0.25, 0.3) is 0 Å². The van der Waals surface area contributed by atoms with E-state index in [4.69, 9.17) is 4.74 Å². The van der Waals surface area contributed by atoms with Crippen LogP contribution < -0.4 is 15.5 Å². The fraction of sp³-hybridized carbons (Fsp3) is 0.632. The van der Waals surface area contributed by atoms with Crippen molar-refractivity contribution in [1.82, 2.24) is 5.32 Å². The summed E-state index contributed by atoms with van der Waals surface area (Å²) in [5.74, 6) is -0.414. The van der Waals surface area contributed by atoms with Crippen LogP contribution in [0.2, 0.25) is 0 Å². The first-order chi connectivity index (χ1) is 11.5. The normalized spacial score (nSPS) is 22.4. The minimum absolute atomic E-state index is 0.0714. The Hall–Kier alpha value is -1.82. The highest BCUT2D eigenvalue weighted by atomic mass is 19.1. The van der Waals surface area contributed by atoms with Crippen molar-refractivity contribution in [3.8, 4) is 0 Å². The number of anilines is 2. The van der Waals surface area contributed by atoms with E-state index in [9.17, 15) is 9.18 Å². The van der Waals surface area contributed by atoms with E-state index >= 15 is 0 Å². The Kier molecular flexibility index (Phi) is 5.93. The highest BCUT2D eigenvalue weighted by Crippen LogP contribution is 2.26. The molecule has 5 nitrogen and oxygen atoms in total. The number of rotatable bonds is 4. The second kappa shape index (κ2) is 7.60. The third-order valence-corrected chi connectivity index (χ3v) is 3.98. The zero-order valence-corrected chi connectivity index (χ0v) is 16.0. The number of benzene rings is 1. The molecule has 0 spiro atoms. The summed E-state index contributed by atoms with van der Waals surface area (Å²) >= 11 is 0. The molecule has 2 N–H and O–H groups in total. The number of ether oxygens (including phenoxy) is 1. The minimum Gasteiger partial charge on any atom is -0.374 e. The molecule has 1 aromatic rings. The van der Waals surface area contributed by atoms with Gasteiger partial charge in [-0.05, 0) is 59.7 Å². The molecule has 0 bridgehead atoms. The van der Waals surface area contributed by atoms with Gasteiger partial charge in [0.2, 0.25) is 5.91 Å². The van der Waals surface area contributed by atoms with Gasteiger partial charge in [0.25, 0.3) is 0 Å². The highest BCUT2D eigenvalue weighted by molar-refractivity contribution is 5.84. The van der Waals surface area contributed by atoms with E-state index in [0.29, 0.717) is 24.5 Å². The second-order valence-corrected chi connectivity index (χ2v) is 7.93. The zero-order valence-electron chi connectivity index (χ0n) is 16.0. The molecule has 1 aromatic carbocycles. The molecule has 6 heteroatoms. The van der Waals surface area contributed by atoms with Gasteiger partial charge < -0.3 is 20.3 Å². The van der Waals surface area contributed by atoms with Crippen molar-refractivity contribution < 1.29 is 13.9 Å². The lowest BCUT2D eigenvalue weighted by molar-refractivity contribution is -0.122. The van der Waals surface area contributed by atoms with E-state index in [-0.39, 0.29) is 29.5 Å². The van der Waals surface area contributed by atoms with Crippen molar-refractivity contribution in [2.75, 3.05) is 23.3 Å². The molecule has 0 unspecified atom stereocenters. The van der Waals surface area contributed by atoms with Gasteiger partial charge in [-0.15, -0.1) is 0 Å². The predicted octanol–water partition coefficient (Wildman–Crippen LogP) is 3.15. The van der Waals surface area contributed by atoms with Crippen LogP contribution >= 0.6 is 0 Å². The maximum absolute atomic E-state index is 14.6. The third kappa shape index (κ3) is 5.59. The Balaban J connectivity index is 2.05. The topological polar surface area (TPSA) is 53.6 Å². The lowest BCUT2D eigenvalue weighted by Crippen LogP contribution is -2.47. The predicted molar refractivity (Wildman–Crippen MR) is 99.6 cm³/mol. The molecule has 1 amide bonds. The monoisotopic (exact) mass is 351 g/mol. The molecule has 1 aliphatic heterocycles. The van der Waals surface area contributed by atoms with Gasteiger partial charge in [0, 0.05) is 24.3 Å². The number of amides is 1. The summed E-state index contributed by atoms with van der Waals surface area (Å²) in [6.45, 7) is 12.9. The van der Waals surface area contributed by atoms with Crippen LogP contribution in [0.5, 0.6) is 0 Å². The molecule has 3 atom stereocenters. The van der Waals surface area contributed by atoms with Crippen molar-refractivity contribution in [2.45, 2.75) is 65.3 Å². The molecule has 0 radical (unpaired) electrons. The first-order valence-corrected chi connectivity index (χ1v) is 8.83. The van der Waals surface area contributed by atoms with E-state index in [1.54, 1.807) is 13.0 Å². The number of carbonyl (C=O) groups is 1. The van der Waals surface area contributed by atoms with E-state index < -0.39 is 6.04 Å². The van der Waals surface area contributed by atoms with Crippen LogP contribution in [0.1, 0.15) is 41.5 Å². The Bertz CT molecular complexity index is 605. The first-order valence-electron chi connectivity index (χ1n) is 8.83. The van der Waals surface area contributed by atoms with Gasteiger partial charge in [-0.3, -0.25) is 4.79 Å². The molecule has 1 fully saturated rings. The van der Waals surface area contributed by atoms with Crippen molar-refractivity contribution in [3.63, 3.8) is 0 Å². The second-order valence-electron chi connectivity index (χ2n) is 7.93. The molecule has 1 saturated heterocycles. The van der Waals surface area contributed by atoms with Gasteiger partial charge in [-0.1, -0.05) is 0 Å². The lowest BCUT2D eigenvalue weighted by Gasteiger charge is -2.37. The number of hydrogen-bond acceptors (Lipinski definition) is 4. The number of nitrogens with zero attached hydrogens (tertiary/aromatic N) is 1. The SMILES string of the molecule is C[C@@H]1CN(c2ccc(N[C@H](C)C(=O)NC(C)(C)C)cc2F)C[C@H](C)O1.